The maximum absolute atomic E-state index is 11.8. The molecule has 5 nitrogen and oxygen atoms in total. The molecule has 1 unspecified atom stereocenters. The number of nitrogens with one attached hydrogen (secondary N) is 1. The van der Waals surface area contributed by atoms with Crippen LogP contribution in [-0.4, -0.2) is 32.4 Å². The summed E-state index contributed by atoms with van der Waals surface area (Å²) < 4.78 is 22.7. The van der Waals surface area contributed by atoms with Crippen LogP contribution in [-0.2, 0) is 14.6 Å². The van der Waals surface area contributed by atoms with Crippen LogP contribution in [0, 0.1) is 18.8 Å². The third-order valence-electron chi connectivity index (χ3n) is 2.84. The Labute approximate surface area is 119 Å². The number of rotatable bonds is 3. The van der Waals surface area contributed by atoms with Crippen molar-refractivity contribution < 1.29 is 13.2 Å². The number of hydrogen-bond acceptors (Lipinski definition) is 4. The summed E-state index contributed by atoms with van der Waals surface area (Å²) in [6, 6.07) is 5.21. The van der Waals surface area contributed by atoms with E-state index in [1.807, 2.05) is 6.92 Å². The maximum Gasteiger partial charge on any atom is 0.242 e. The fourth-order valence-corrected chi connectivity index (χ4v) is 1.87. The van der Waals surface area contributed by atoms with Crippen molar-refractivity contribution in [2.75, 3.05) is 18.1 Å². The molecule has 1 aromatic carbocycles. The van der Waals surface area contributed by atoms with Crippen LogP contribution in [0.3, 0.4) is 0 Å². The first-order valence-corrected chi connectivity index (χ1v) is 8.00. The number of anilines is 1. The van der Waals surface area contributed by atoms with Crippen molar-refractivity contribution in [2.45, 2.75) is 19.1 Å². The lowest BCUT2D eigenvalue weighted by Gasteiger charge is -2.11. The number of sulfone groups is 1. The molecule has 108 valence electrons. The standard InChI is InChI=1S/C14H18N2O3S/c1-10-6-7-13(9-12(10)5-4-8-15)16-14(17)11(2)20(3,18)19/h6-7,9,11H,8,15H2,1-3H3,(H,16,17). The molecule has 0 aliphatic rings. The van der Waals surface area contributed by atoms with E-state index in [2.05, 4.69) is 17.2 Å². The third-order valence-corrected chi connectivity index (χ3v) is 4.34. The summed E-state index contributed by atoms with van der Waals surface area (Å²) in [4.78, 5) is 11.8. The molecule has 0 saturated carbocycles. The van der Waals surface area contributed by atoms with E-state index in [4.69, 9.17) is 5.73 Å². The van der Waals surface area contributed by atoms with Crippen molar-refractivity contribution in [1.29, 1.82) is 0 Å². The third kappa shape index (κ3) is 4.37. The highest BCUT2D eigenvalue weighted by Crippen LogP contribution is 2.15. The molecular formula is C14H18N2O3S. The molecule has 0 saturated heterocycles. The van der Waals surface area contributed by atoms with E-state index in [0.717, 1.165) is 17.4 Å². The number of carbonyl (C=O) groups is 1. The first-order chi connectivity index (χ1) is 9.25. The first-order valence-electron chi connectivity index (χ1n) is 6.05. The quantitative estimate of drug-likeness (QED) is 0.802. The topological polar surface area (TPSA) is 89.3 Å². The number of benzene rings is 1. The number of carbonyl (C=O) groups excluding carboxylic acids is 1. The highest BCUT2D eigenvalue weighted by atomic mass is 32.2. The smallest absolute Gasteiger partial charge is 0.242 e. The monoisotopic (exact) mass is 294 g/mol. The van der Waals surface area contributed by atoms with Gasteiger partial charge in [-0.15, -0.1) is 0 Å². The van der Waals surface area contributed by atoms with Gasteiger partial charge in [0.15, 0.2) is 9.84 Å². The lowest BCUT2D eigenvalue weighted by Crippen LogP contribution is -2.31. The molecule has 20 heavy (non-hydrogen) atoms. The van der Waals surface area contributed by atoms with E-state index in [9.17, 15) is 13.2 Å². The van der Waals surface area contributed by atoms with E-state index < -0.39 is 21.0 Å². The minimum atomic E-state index is -3.41. The predicted octanol–water partition coefficient (Wildman–Crippen LogP) is 0.677. The SMILES string of the molecule is Cc1ccc(NC(=O)C(C)S(C)(=O)=O)cc1C#CCN. The van der Waals surface area contributed by atoms with Gasteiger partial charge in [-0.05, 0) is 31.5 Å². The van der Waals surface area contributed by atoms with Gasteiger partial charge in [0, 0.05) is 17.5 Å². The number of aryl methyl sites for hydroxylation is 1. The highest BCUT2D eigenvalue weighted by Gasteiger charge is 2.23. The average Bonchev–Trinajstić information content (AvgIpc) is 2.37. The average molecular weight is 294 g/mol. The Morgan fingerprint density at radius 1 is 1.45 bits per heavy atom. The van der Waals surface area contributed by atoms with Crippen LogP contribution in [0.5, 0.6) is 0 Å². The van der Waals surface area contributed by atoms with Gasteiger partial charge in [-0.2, -0.15) is 0 Å². The van der Waals surface area contributed by atoms with Crippen molar-refractivity contribution in [3.05, 3.63) is 29.3 Å². The van der Waals surface area contributed by atoms with Crippen LogP contribution in [0.15, 0.2) is 18.2 Å². The molecule has 6 heteroatoms. The van der Waals surface area contributed by atoms with Crippen LogP contribution in [0.4, 0.5) is 5.69 Å². The summed E-state index contributed by atoms with van der Waals surface area (Å²) in [5, 5.41) is 1.48. The van der Waals surface area contributed by atoms with Crippen molar-refractivity contribution in [3.8, 4) is 11.8 Å². The van der Waals surface area contributed by atoms with Gasteiger partial charge in [-0.3, -0.25) is 4.79 Å². The zero-order valence-electron chi connectivity index (χ0n) is 11.7. The molecule has 0 heterocycles. The van der Waals surface area contributed by atoms with Crippen LogP contribution in [0.1, 0.15) is 18.1 Å². The summed E-state index contributed by atoms with van der Waals surface area (Å²) in [5.74, 6) is 5.08. The van der Waals surface area contributed by atoms with Crippen molar-refractivity contribution in [2.24, 2.45) is 5.73 Å². The Morgan fingerprint density at radius 2 is 2.10 bits per heavy atom. The van der Waals surface area contributed by atoms with E-state index in [1.165, 1.54) is 6.92 Å². The molecule has 1 aromatic rings. The molecule has 0 spiro atoms. The van der Waals surface area contributed by atoms with E-state index in [0.29, 0.717) is 5.69 Å². The largest absolute Gasteiger partial charge is 0.325 e. The lowest BCUT2D eigenvalue weighted by atomic mass is 10.1. The summed E-state index contributed by atoms with van der Waals surface area (Å²) >= 11 is 0. The predicted molar refractivity (Wildman–Crippen MR) is 80.0 cm³/mol. The fraction of sp³-hybridized carbons (Fsp3) is 0.357. The lowest BCUT2D eigenvalue weighted by molar-refractivity contribution is -0.115. The molecule has 0 aliphatic carbocycles. The van der Waals surface area contributed by atoms with Gasteiger partial charge >= 0.3 is 0 Å². The normalized spacial score (nSPS) is 12.2. The Balaban J connectivity index is 2.97. The molecular weight excluding hydrogens is 276 g/mol. The highest BCUT2D eigenvalue weighted by molar-refractivity contribution is 7.92. The molecule has 3 N–H and O–H groups in total. The van der Waals surface area contributed by atoms with E-state index in [1.54, 1.807) is 18.2 Å². The van der Waals surface area contributed by atoms with Crippen molar-refractivity contribution in [1.82, 2.24) is 0 Å². The maximum atomic E-state index is 11.8. The first kappa shape index (κ1) is 16.2. The Bertz CT molecular complexity index is 669. The van der Waals surface area contributed by atoms with Gasteiger partial charge in [-0.25, -0.2) is 8.42 Å². The number of nitrogens with two attached hydrogens (primary N) is 1. The zero-order valence-corrected chi connectivity index (χ0v) is 12.5. The van der Waals surface area contributed by atoms with Gasteiger partial charge < -0.3 is 11.1 Å². The van der Waals surface area contributed by atoms with Gasteiger partial charge in [-0.1, -0.05) is 17.9 Å². The molecule has 1 rings (SSSR count). The summed E-state index contributed by atoms with van der Waals surface area (Å²) in [6.07, 6.45) is 1.03. The van der Waals surface area contributed by atoms with Crippen molar-refractivity contribution in [3.63, 3.8) is 0 Å². The van der Waals surface area contributed by atoms with Crippen molar-refractivity contribution >= 4 is 21.4 Å². The Kier molecular flexibility index (Phi) is 5.31. The minimum absolute atomic E-state index is 0.251. The molecule has 0 aliphatic heterocycles. The van der Waals surface area contributed by atoms with Gasteiger partial charge in [0.2, 0.25) is 5.91 Å². The molecule has 0 radical (unpaired) electrons. The second-order valence-corrected chi connectivity index (χ2v) is 6.86. The van der Waals surface area contributed by atoms with Crippen LogP contribution in [0.2, 0.25) is 0 Å². The Hall–Kier alpha value is -1.84. The van der Waals surface area contributed by atoms with E-state index in [-0.39, 0.29) is 6.54 Å². The number of hydrogen-bond donors (Lipinski definition) is 2. The molecule has 0 aromatic heterocycles. The van der Waals surface area contributed by atoms with Crippen LogP contribution >= 0.6 is 0 Å². The zero-order chi connectivity index (χ0) is 15.3. The second kappa shape index (κ2) is 6.55. The van der Waals surface area contributed by atoms with Gasteiger partial charge in [0.25, 0.3) is 0 Å². The minimum Gasteiger partial charge on any atom is -0.325 e. The fourth-order valence-electron chi connectivity index (χ4n) is 1.42. The molecule has 1 amide bonds. The van der Waals surface area contributed by atoms with Gasteiger partial charge in [0.05, 0.1) is 6.54 Å². The second-order valence-electron chi connectivity index (χ2n) is 4.50. The summed E-state index contributed by atoms with van der Waals surface area (Å²) in [5.41, 5.74) is 7.54. The van der Waals surface area contributed by atoms with Crippen LogP contribution < -0.4 is 11.1 Å². The Morgan fingerprint density at radius 3 is 2.65 bits per heavy atom. The molecule has 0 bridgehead atoms. The molecule has 1 atom stereocenters. The summed E-state index contributed by atoms with van der Waals surface area (Å²) in [7, 11) is -3.41. The summed E-state index contributed by atoms with van der Waals surface area (Å²) in [6.45, 7) is 3.50. The molecule has 0 fully saturated rings. The van der Waals surface area contributed by atoms with Crippen LogP contribution in [0.25, 0.3) is 0 Å². The van der Waals surface area contributed by atoms with Gasteiger partial charge in [0.1, 0.15) is 5.25 Å². The van der Waals surface area contributed by atoms with E-state index >= 15 is 0 Å². The number of amides is 1.